The Labute approximate surface area is 161 Å². The Hall–Kier alpha value is -2.12. The minimum Gasteiger partial charge on any atom is -0.384 e. The van der Waals surface area contributed by atoms with Gasteiger partial charge in [-0.25, -0.2) is 9.97 Å². The first-order valence-electron chi connectivity index (χ1n) is 8.40. The van der Waals surface area contributed by atoms with Crippen LogP contribution in [0.15, 0.2) is 34.8 Å². The van der Waals surface area contributed by atoms with Gasteiger partial charge in [0, 0.05) is 40.1 Å². The third-order valence-electron chi connectivity index (χ3n) is 4.22. The molecular formula is C19H22N4OS2. The minimum absolute atomic E-state index is 0.0918. The molecule has 2 N–H and O–H groups in total. The molecule has 7 heteroatoms. The molecule has 0 saturated carbocycles. The van der Waals surface area contributed by atoms with Crippen molar-refractivity contribution in [1.82, 2.24) is 14.5 Å². The molecule has 3 rings (SSSR count). The highest BCUT2D eigenvalue weighted by atomic mass is 32.2. The maximum atomic E-state index is 12.7. The van der Waals surface area contributed by atoms with Crippen molar-refractivity contribution in [2.45, 2.75) is 38.9 Å². The van der Waals surface area contributed by atoms with E-state index in [1.807, 2.05) is 19.9 Å². The maximum absolute atomic E-state index is 12.7. The minimum atomic E-state index is 0.0918. The van der Waals surface area contributed by atoms with Gasteiger partial charge in [-0.2, -0.15) is 0 Å². The average molecular weight is 387 g/mol. The number of anilines is 1. The van der Waals surface area contributed by atoms with E-state index in [1.54, 1.807) is 17.4 Å². The van der Waals surface area contributed by atoms with Gasteiger partial charge in [-0.15, -0.1) is 11.3 Å². The number of hydrogen-bond donors (Lipinski definition) is 1. The van der Waals surface area contributed by atoms with Gasteiger partial charge in [0.05, 0.1) is 5.75 Å². The van der Waals surface area contributed by atoms with E-state index in [2.05, 4.69) is 39.0 Å². The SMILES string of the molecule is Cc1cc(N)nc(SCC(=O)c2cc(C)n(CCc3cccs3)c2C)n1. The summed E-state index contributed by atoms with van der Waals surface area (Å²) in [6.07, 6.45) is 0.979. The van der Waals surface area contributed by atoms with Gasteiger partial charge in [0.25, 0.3) is 0 Å². The van der Waals surface area contributed by atoms with Crippen molar-refractivity contribution in [3.63, 3.8) is 0 Å². The van der Waals surface area contributed by atoms with Gasteiger partial charge in [-0.3, -0.25) is 4.79 Å². The Morgan fingerprint density at radius 3 is 2.77 bits per heavy atom. The van der Waals surface area contributed by atoms with Crippen LogP contribution >= 0.6 is 23.1 Å². The standard InChI is InChI=1S/C19H22N4OS2/c1-12-9-18(20)22-19(21-12)26-11-17(24)16-10-13(2)23(14(16)3)7-6-15-5-4-8-25-15/h4-5,8-10H,6-7,11H2,1-3H3,(H2,20,21,22). The molecule has 0 aliphatic carbocycles. The molecule has 5 nitrogen and oxygen atoms in total. The van der Waals surface area contributed by atoms with Crippen molar-refractivity contribution in [2.24, 2.45) is 0 Å². The van der Waals surface area contributed by atoms with Crippen molar-refractivity contribution in [3.05, 3.63) is 57.2 Å². The molecular weight excluding hydrogens is 364 g/mol. The van der Waals surface area contributed by atoms with Gasteiger partial charge in [-0.05, 0) is 44.7 Å². The molecule has 3 aromatic rings. The van der Waals surface area contributed by atoms with Crippen molar-refractivity contribution < 1.29 is 4.79 Å². The summed E-state index contributed by atoms with van der Waals surface area (Å²) in [7, 11) is 0. The van der Waals surface area contributed by atoms with Gasteiger partial charge in [-0.1, -0.05) is 17.8 Å². The van der Waals surface area contributed by atoms with E-state index in [1.165, 1.54) is 16.6 Å². The fourth-order valence-corrected chi connectivity index (χ4v) is 4.43. The molecule has 0 aliphatic heterocycles. The quantitative estimate of drug-likeness (QED) is 0.376. The van der Waals surface area contributed by atoms with Crippen LogP contribution in [0.2, 0.25) is 0 Å². The number of nitrogens with two attached hydrogens (primary N) is 1. The summed E-state index contributed by atoms with van der Waals surface area (Å²) in [5.74, 6) is 0.825. The van der Waals surface area contributed by atoms with Crippen LogP contribution in [0.5, 0.6) is 0 Å². The molecule has 3 heterocycles. The molecule has 0 fully saturated rings. The number of carbonyl (C=O) groups excluding carboxylic acids is 1. The van der Waals surface area contributed by atoms with Crippen molar-refractivity contribution in [2.75, 3.05) is 11.5 Å². The number of thiophene rings is 1. The van der Waals surface area contributed by atoms with Crippen molar-refractivity contribution >= 4 is 34.7 Å². The van der Waals surface area contributed by atoms with Gasteiger partial charge in [0.1, 0.15) is 5.82 Å². The normalized spacial score (nSPS) is 11.0. The van der Waals surface area contributed by atoms with E-state index in [0.717, 1.165) is 35.6 Å². The van der Waals surface area contributed by atoms with Crippen LogP contribution in [-0.4, -0.2) is 26.1 Å². The third-order valence-corrected chi connectivity index (χ3v) is 6.01. The molecule has 26 heavy (non-hydrogen) atoms. The van der Waals surface area contributed by atoms with Gasteiger partial charge in [0.15, 0.2) is 10.9 Å². The van der Waals surface area contributed by atoms with Gasteiger partial charge >= 0.3 is 0 Å². The number of rotatable bonds is 7. The van der Waals surface area contributed by atoms with E-state index in [9.17, 15) is 4.79 Å². The summed E-state index contributed by atoms with van der Waals surface area (Å²) < 4.78 is 2.22. The van der Waals surface area contributed by atoms with Crippen LogP contribution in [0.4, 0.5) is 5.82 Å². The summed E-state index contributed by atoms with van der Waals surface area (Å²) in [6.45, 7) is 6.82. The molecule has 0 aromatic carbocycles. The van der Waals surface area contributed by atoms with Crippen LogP contribution in [-0.2, 0) is 13.0 Å². The number of ketones is 1. The zero-order valence-electron chi connectivity index (χ0n) is 15.2. The molecule has 3 aromatic heterocycles. The second-order valence-electron chi connectivity index (χ2n) is 6.19. The Balaban J connectivity index is 1.68. The van der Waals surface area contributed by atoms with Crippen LogP contribution in [0.1, 0.15) is 32.3 Å². The lowest BCUT2D eigenvalue weighted by Gasteiger charge is -2.09. The second kappa shape index (κ2) is 8.05. The Morgan fingerprint density at radius 1 is 1.27 bits per heavy atom. The van der Waals surface area contributed by atoms with E-state index in [0.29, 0.717) is 16.7 Å². The molecule has 0 spiro atoms. The predicted molar refractivity (Wildman–Crippen MR) is 108 cm³/mol. The van der Waals surface area contributed by atoms with Gasteiger partial charge in [0.2, 0.25) is 0 Å². The highest BCUT2D eigenvalue weighted by Crippen LogP contribution is 2.22. The molecule has 0 radical (unpaired) electrons. The summed E-state index contributed by atoms with van der Waals surface area (Å²) in [5, 5.41) is 2.64. The van der Waals surface area contributed by atoms with Crippen LogP contribution in [0, 0.1) is 20.8 Å². The van der Waals surface area contributed by atoms with Crippen molar-refractivity contribution in [1.29, 1.82) is 0 Å². The zero-order chi connectivity index (χ0) is 18.7. The van der Waals surface area contributed by atoms with E-state index < -0.39 is 0 Å². The molecule has 0 unspecified atom stereocenters. The summed E-state index contributed by atoms with van der Waals surface area (Å²) in [5.41, 5.74) is 9.47. The second-order valence-corrected chi connectivity index (χ2v) is 8.17. The molecule has 0 atom stereocenters. The largest absolute Gasteiger partial charge is 0.384 e. The number of Topliss-reactive ketones (excluding diaryl/α,β-unsaturated/α-hetero) is 1. The first-order valence-corrected chi connectivity index (χ1v) is 10.3. The Bertz CT molecular complexity index is 896. The highest BCUT2D eigenvalue weighted by molar-refractivity contribution is 7.99. The predicted octanol–water partition coefficient (Wildman–Crippen LogP) is 4.06. The first kappa shape index (κ1) is 18.7. The molecule has 0 aliphatic rings. The average Bonchev–Trinajstić information content (AvgIpc) is 3.19. The first-order chi connectivity index (χ1) is 12.4. The number of aromatic nitrogens is 3. The fraction of sp³-hybridized carbons (Fsp3) is 0.316. The molecule has 0 bridgehead atoms. The topological polar surface area (TPSA) is 73.8 Å². The summed E-state index contributed by atoms with van der Waals surface area (Å²) >= 11 is 3.09. The molecule has 0 amide bonds. The van der Waals surface area contributed by atoms with E-state index in [4.69, 9.17) is 5.73 Å². The number of nitrogen functional groups attached to an aromatic ring is 1. The zero-order valence-corrected chi connectivity index (χ0v) is 16.8. The monoisotopic (exact) mass is 386 g/mol. The summed E-state index contributed by atoms with van der Waals surface area (Å²) in [4.78, 5) is 22.5. The number of hydrogen-bond acceptors (Lipinski definition) is 6. The lowest BCUT2D eigenvalue weighted by molar-refractivity contribution is 0.102. The lowest BCUT2D eigenvalue weighted by atomic mass is 10.2. The third kappa shape index (κ3) is 4.34. The van der Waals surface area contributed by atoms with Gasteiger partial charge < -0.3 is 10.3 Å². The van der Waals surface area contributed by atoms with Crippen molar-refractivity contribution in [3.8, 4) is 0 Å². The van der Waals surface area contributed by atoms with E-state index in [-0.39, 0.29) is 5.78 Å². The molecule has 0 saturated heterocycles. The number of thioether (sulfide) groups is 1. The molecule has 136 valence electrons. The van der Waals surface area contributed by atoms with Crippen LogP contribution in [0.25, 0.3) is 0 Å². The Kier molecular flexibility index (Phi) is 5.78. The number of nitrogens with zero attached hydrogens (tertiary/aromatic N) is 3. The summed E-state index contributed by atoms with van der Waals surface area (Å²) in [6, 6.07) is 7.92. The van der Waals surface area contributed by atoms with Crippen LogP contribution in [0.3, 0.4) is 0 Å². The number of carbonyl (C=O) groups is 1. The smallest absolute Gasteiger partial charge is 0.190 e. The maximum Gasteiger partial charge on any atom is 0.190 e. The lowest BCUT2D eigenvalue weighted by Crippen LogP contribution is -2.08. The van der Waals surface area contributed by atoms with E-state index >= 15 is 0 Å². The highest BCUT2D eigenvalue weighted by Gasteiger charge is 2.16. The van der Waals surface area contributed by atoms with Crippen LogP contribution < -0.4 is 5.73 Å². The Morgan fingerprint density at radius 2 is 2.08 bits per heavy atom. The number of aryl methyl sites for hydroxylation is 3. The fourth-order valence-electron chi connectivity index (χ4n) is 2.94.